The minimum Gasteiger partial charge on any atom is -0.480 e. The first-order chi connectivity index (χ1) is 8.17. The Morgan fingerprint density at radius 1 is 1.28 bits per heavy atom. The Balaban J connectivity index is 4.57. The van der Waals surface area contributed by atoms with Crippen LogP contribution in [-0.2, 0) is 9.53 Å². The Morgan fingerprint density at radius 2 is 1.83 bits per heavy atom. The molecule has 0 bridgehead atoms. The average molecular weight is 260 g/mol. The van der Waals surface area contributed by atoms with Crippen LogP contribution in [0.15, 0.2) is 0 Å². The molecule has 1 N–H and O–H groups in total. The van der Waals surface area contributed by atoms with E-state index in [-0.39, 0.29) is 24.5 Å². The molecule has 0 aliphatic rings. The molecular formula is C12H24N2O4. The summed E-state index contributed by atoms with van der Waals surface area (Å²) in [6.07, 6.45) is 0. The standard InChI is InChI=1S/C12H24N2O4/c1-12(2,3)9-13(4)11(17)14(6-7-18-5)8-10(15)16/h6-9H2,1-5H3,(H,15,16). The summed E-state index contributed by atoms with van der Waals surface area (Å²) < 4.78 is 4.88. The van der Waals surface area contributed by atoms with Gasteiger partial charge in [0.05, 0.1) is 6.61 Å². The highest BCUT2D eigenvalue weighted by molar-refractivity contribution is 5.80. The van der Waals surface area contributed by atoms with Gasteiger partial charge >= 0.3 is 12.0 Å². The minimum absolute atomic E-state index is 0.0272. The van der Waals surface area contributed by atoms with Gasteiger partial charge in [-0.1, -0.05) is 20.8 Å². The van der Waals surface area contributed by atoms with E-state index in [9.17, 15) is 9.59 Å². The number of ether oxygens (including phenoxy) is 1. The Labute approximate surface area is 109 Å². The highest BCUT2D eigenvalue weighted by Crippen LogP contribution is 2.15. The first-order valence-corrected chi connectivity index (χ1v) is 5.88. The first kappa shape index (κ1) is 16.7. The van der Waals surface area contributed by atoms with Gasteiger partial charge in [-0.05, 0) is 5.41 Å². The molecule has 0 saturated carbocycles. The van der Waals surface area contributed by atoms with Crippen LogP contribution in [0.5, 0.6) is 0 Å². The Morgan fingerprint density at radius 3 is 2.22 bits per heavy atom. The summed E-state index contributed by atoms with van der Waals surface area (Å²) in [7, 11) is 3.19. The van der Waals surface area contributed by atoms with Crippen molar-refractivity contribution in [2.45, 2.75) is 20.8 Å². The first-order valence-electron chi connectivity index (χ1n) is 5.88. The lowest BCUT2D eigenvalue weighted by molar-refractivity contribution is -0.137. The average Bonchev–Trinajstić information content (AvgIpc) is 2.20. The zero-order valence-electron chi connectivity index (χ0n) is 11.9. The molecule has 0 fully saturated rings. The molecule has 0 atom stereocenters. The second-order valence-electron chi connectivity index (χ2n) is 5.51. The quantitative estimate of drug-likeness (QED) is 0.777. The van der Waals surface area contributed by atoms with Crippen LogP contribution >= 0.6 is 0 Å². The van der Waals surface area contributed by atoms with Crippen molar-refractivity contribution >= 4 is 12.0 Å². The molecule has 0 rings (SSSR count). The number of amides is 2. The summed E-state index contributed by atoms with van der Waals surface area (Å²) in [5, 5.41) is 8.79. The van der Waals surface area contributed by atoms with E-state index in [1.165, 1.54) is 12.0 Å². The van der Waals surface area contributed by atoms with Crippen molar-refractivity contribution in [3.8, 4) is 0 Å². The number of nitrogens with zero attached hydrogens (tertiary/aromatic N) is 2. The lowest BCUT2D eigenvalue weighted by atomic mass is 9.96. The number of hydrogen-bond acceptors (Lipinski definition) is 3. The summed E-state index contributed by atoms with van der Waals surface area (Å²) in [5.74, 6) is -1.02. The zero-order chi connectivity index (χ0) is 14.3. The molecule has 0 unspecified atom stereocenters. The maximum Gasteiger partial charge on any atom is 0.323 e. The summed E-state index contributed by atoms with van der Waals surface area (Å²) >= 11 is 0. The molecule has 0 aromatic rings. The Kier molecular flexibility index (Phi) is 6.68. The molecule has 0 heterocycles. The van der Waals surface area contributed by atoms with Crippen molar-refractivity contribution in [1.29, 1.82) is 0 Å². The van der Waals surface area contributed by atoms with Crippen LogP contribution in [-0.4, -0.2) is 67.3 Å². The number of urea groups is 1. The number of carbonyl (C=O) groups is 2. The molecule has 0 aromatic carbocycles. The van der Waals surface area contributed by atoms with E-state index in [4.69, 9.17) is 9.84 Å². The molecular weight excluding hydrogens is 236 g/mol. The lowest BCUT2D eigenvalue weighted by Crippen LogP contribution is -2.47. The number of rotatable bonds is 6. The summed E-state index contributed by atoms with van der Waals surface area (Å²) in [6.45, 7) is 6.92. The van der Waals surface area contributed by atoms with Crippen LogP contribution in [0.3, 0.4) is 0 Å². The van der Waals surface area contributed by atoms with E-state index in [2.05, 4.69) is 0 Å². The number of carbonyl (C=O) groups excluding carboxylic acids is 1. The van der Waals surface area contributed by atoms with Crippen molar-refractivity contribution in [1.82, 2.24) is 9.80 Å². The van der Waals surface area contributed by atoms with Crippen LogP contribution < -0.4 is 0 Å². The lowest BCUT2D eigenvalue weighted by Gasteiger charge is -2.31. The molecule has 0 spiro atoms. The molecule has 6 heteroatoms. The van der Waals surface area contributed by atoms with Gasteiger partial charge in [-0.2, -0.15) is 0 Å². The van der Waals surface area contributed by atoms with Gasteiger partial charge < -0.3 is 19.6 Å². The van der Waals surface area contributed by atoms with Crippen LogP contribution in [0, 0.1) is 5.41 Å². The molecule has 2 amide bonds. The monoisotopic (exact) mass is 260 g/mol. The van der Waals surface area contributed by atoms with Crippen LogP contribution in [0.1, 0.15) is 20.8 Å². The summed E-state index contributed by atoms with van der Waals surface area (Å²) in [4.78, 5) is 25.6. The fourth-order valence-corrected chi connectivity index (χ4v) is 1.63. The molecule has 18 heavy (non-hydrogen) atoms. The third kappa shape index (κ3) is 7.11. The summed E-state index contributed by atoms with van der Waals surface area (Å²) in [5.41, 5.74) is -0.0272. The number of carboxylic acid groups (broad SMARTS) is 1. The van der Waals surface area contributed by atoms with E-state index in [1.54, 1.807) is 11.9 Å². The van der Waals surface area contributed by atoms with E-state index in [0.717, 1.165) is 0 Å². The van der Waals surface area contributed by atoms with E-state index in [1.807, 2.05) is 20.8 Å². The number of hydrogen-bond donors (Lipinski definition) is 1. The maximum absolute atomic E-state index is 12.1. The number of carboxylic acids is 1. The van der Waals surface area contributed by atoms with Crippen molar-refractivity contribution < 1.29 is 19.4 Å². The van der Waals surface area contributed by atoms with Gasteiger partial charge in [0.15, 0.2) is 0 Å². The minimum atomic E-state index is -1.02. The fourth-order valence-electron chi connectivity index (χ4n) is 1.63. The second kappa shape index (κ2) is 7.20. The van der Waals surface area contributed by atoms with E-state index in [0.29, 0.717) is 13.2 Å². The van der Waals surface area contributed by atoms with Gasteiger partial charge in [0.25, 0.3) is 0 Å². The molecule has 106 valence electrons. The molecule has 0 saturated heterocycles. The zero-order valence-corrected chi connectivity index (χ0v) is 11.9. The predicted molar refractivity (Wildman–Crippen MR) is 68.6 cm³/mol. The molecule has 0 aliphatic carbocycles. The topological polar surface area (TPSA) is 70.1 Å². The number of aliphatic carboxylic acids is 1. The van der Waals surface area contributed by atoms with Crippen molar-refractivity contribution in [2.24, 2.45) is 5.41 Å². The van der Waals surface area contributed by atoms with Gasteiger partial charge in [0, 0.05) is 27.2 Å². The van der Waals surface area contributed by atoms with Gasteiger partial charge in [0.1, 0.15) is 6.54 Å². The smallest absolute Gasteiger partial charge is 0.323 e. The SMILES string of the molecule is COCCN(CC(=O)O)C(=O)N(C)CC(C)(C)C. The molecule has 0 radical (unpaired) electrons. The van der Waals surface area contributed by atoms with E-state index >= 15 is 0 Å². The van der Waals surface area contributed by atoms with E-state index < -0.39 is 5.97 Å². The van der Waals surface area contributed by atoms with Gasteiger partial charge in [-0.25, -0.2) is 4.79 Å². The van der Waals surface area contributed by atoms with Crippen molar-refractivity contribution in [3.63, 3.8) is 0 Å². The van der Waals surface area contributed by atoms with Crippen molar-refractivity contribution in [2.75, 3.05) is 40.4 Å². The largest absolute Gasteiger partial charge is 0.480 e. The normalized spacial score (nSPS) is 11.2. The van der Waals surface area contributed by atoms with Crippen LogP contribution in [0.2, 0.25) is 0 Å². The Bertz CT molecular complexity index is 286. The second-order valence-corrected chi connectivity index (χ2v) is 5.51. The number of methoxy groups -OCH3 is 1. The highest BCUT2D eigenvalue weighted by atomic mass is 16.5. The van der Waals surface area contributed by atoms with Gasteiger partial charge in [-0.15, -0.1) is 0 Å². The van der Waals surface area contributed by atoms with Crippen LogP contribution in [0.4, 0.5) is 4.79 Å². The fraction of sp³-hybridized carbons (Fsp3) is 0.833. The molecule has 0 aromatic heterocycles. The Hall–Kier alpha value is -1.30. The van der Waals surface area contributed by atoms with Crippen LogP contribution in [0.25, 0.3) is 0 Å². The van der Waals surface area contributed by atoms with Gasteiger partial charge in [-0.3, -0.25) is 4.79 Å². The third-order valence-corrected chi connectivity index (χ3v) is 2.20. The maximum atomic E-state index is 12.1. The van der Waals surface area contributed by atoms with Crippen molar-refractivity contribution in [3.05, 3.63) is 0 Å². The summed E-state index contributed by atoms with van der Waals surface area (Å²) in [6, 6.07) is -0.288. The predicted octanol–water partition coefficient (Wildman–Crippen LogP) is 1.12. The third-order valence-electron chi connectivity index (χ3n) is 2.20. The van der Waals surface area contributed by atoms with Gasteiger partial charge in [0.2, 0.25) is 0 Å². The molecule has 6 nitrogen and oxygen atoms in total. The highest BCUT2D eigenvalue weighted by Gasteiger charge is 2.23. The molecule has 0 aliphatic heterocycles.